The van der Waals surface area contributed by atoms with Gasteiger partial charge in [-0.1, -0.05) is 29.8 Å². The normalized spacial score (nSPS) is 10.0. The minimum atomic E-state index is -0.697. The molecule has 1 aromatic carbocycles. The number of carbonyl (C=O) groups is 2. The number of hydrogen-bond acceptors (Lipinski definition) is 4. The average Bonchev–Trinajstić information content (AvgIpc) is 2.47. The largest absolute Gasteiger partial charge is 0.451 e. The van der Waals surface area contributed by atoms with Crippen LogP contribution in [0.1, 0.15) is 16.1 Å². The second kappa shape index (κ2) is 6.85. The van der Waals surface area contributed by atoms with Crippen LogP contribution in [0.5, 0.6) is 0 Å². The Bertz CT molecular complexity index is 673. The monoisotopic (exact) mass is 304 g/mol. The van der Waals surface area contributed by atoms with Gasteiger partial charge in [-0.15, -0.1) is 0 Å². The number of amides is 1. The standard InChI is InChI=1S/C15H13ClN2O3/c1-10-4-2-3-5-12(10)18-14(19)9-21-15(20)13-8-11(16)6-7-17-13/h2-8H,9H2,1H3,(H,18,19). The summed E-state index contributed by atoms with van der Waals surface area (Å²) >= 11 is 5.75. The van der Waals surface area contributed by atoms with Crippen LogP contribution in [-0.2, 0) is 9.53 Å². The molecule has 0 spiro atoms. The van der Waals surface area contributed by atoms with Crippen molar-refractivity contribution >= 4 is 29.2 Å². The first-order valence-electron chi connectivity index (χ1n) is 6.20. The van der Waals surface area contributed by atoms with E-state index >= 15 is 0 Å². The Hall–Kier alpha value is -2.40. The van der Waals surface area contributed by atoms with Crippen LogP contribution in [0.15, 0.2) is 42.6 Å². The highest BCUT2D eigenvalue weighted by Crippen LogP contribution is 2.13. The zero-order valence-corrected chi connectivity index (χ0v) is 12.1. The summed E-state index contributed by atoms with van der Waals surface area (Å²) in [7, 11) is 0. The molecule has 21 heavy (non-hydrogen) atoms. The smallest absolute Gasteiger partial charge is 0.357 e. The molecule has 0 unspecified atom stereocenters. The number of pyridine rings is 1. The minimum Gasteiger partial charge on any atom is -0.451 e. The lowest BCUT2D eigenvalue weighted by Gasteiger charge is -2.08. The van der Waals surface area contributed by atoms with E-state index in [1.165, 1.54) is 12.3 Å². The van der Waals surface area contributed by atoms with E-state index in [0.717, 1.165) is 5.56 Å². The van der Waals surface area contributed by atoms with Crippen molar-refractivity contribution in [2.45, 2.75) is 6.92 Å². The number of anilines is 1. The third kappa shape index (κ3) is 4.29. The fraction of sp³-hybridized carbons (Fsp3) is 0.133. The van der Waals surface area contributed by atoms with Crippen LogP contribution in [-0.4, -0.2) is 23.5 Å². The number of aryl methyl sites for hydroxylation is 1. The number of nitrogens with zero attached hydrogens (tertiary/aromatic N) is 1. The molecule has 0 saturated heterocycles. The average molecular weight is 305 g/mol. The lowest BCUT2D eigenvalue weighted by Crippen LogP contribution is -2.21. The highest BCUT2D eigenvalue weighted by atomic mass is 35.5. The summed E-state index contributed by atoms with van der Waals surface area (Å²) < 4.78 is 4.88. The Kier molecular flexibility index (Phi) is 4.90. The van der Waals surface area contributed by atoms with Crippen molar-refractivity contribution in [3.8, 4) is 0 Å². The molecule has 0 radical (unpaired) electrons. The quantitative estimate of drug-likeness (QED) is 0.882. The molecule has 0 aliphatic heterocycles. The predicted molar refractivity (Wildman–Crippen MR) is 79.3 cm³/mol. The molecule has 2 aromatic rings. The number of aromatic nitrogens is 1. The van der Waals surface area contributed by atoms with E-state index in [0.29, 0.717) is 10.7 Å². The van der Waals surface area contributed by atoms with Gasteiger partial charge in [0, 0.05) is 16.9 Å². The van der Waals surface area contributed by atoms with Gasteiger partial charge < -0.3 is 10.1 Å². The molecule has 5 nitrogen and oxygen atoms in total. The molecule has 0 fully saturated rings. The maximum absolute atomic E-state index is 11.7. The summed E-state index contributed by atoms with van der Waals surface area (Å²) in [6.45, 7) is 1.48. The summed E-state index contributed by atoms with van der Waals surface area (Å²) in [5, 5.41) is 3.04. The Morgan fingerprint density at radius 3 is 2.76 bits per heavy atom. The van der Waals surface area contributed by atoms with Gasteiger partial charge >= 0.3 is 5.97 Å². The van der Waals surface area contributed by atoms with E-state index in [1.807, 2.05) is 25.1 Å². The van der Waals surface area contributed by atoms with Crippen LogP contribution in [0.3, 0.4) is 0 Å². The van der Waals surface area contributed by atoms with Crippen molar-refractivity contribution in [3.05, 3.63) is 58.9 Å². The molecule has 0 aliphatic carbocycles. The molecule has 1 amide bonds. The number of hydrogen-bond donors (Lipinski definition) is 1. The van der Waals surface area contributed by atoms with Crippen LogP contribution < -0.4 is 5.32 Å². The van der Waals surface area contributed by atoms with Gasteiger partial charge in [0.15, 0.2) is 6.61 Å². The molecule has 6 heteroatoms. The number of carbonyl (C=O) groups excluding carboxylic acids is 2. The van der Waals surface area contributed by atoms with E-state index < -0.39 is 11.9 Å². The van der Waals surface area contributed by atoms with E-state index in [1.54, 1.807) is 12.1 Å². The van der Waals surface area contributed by atoms with Crippen LogP contribution >= 0.6 is 11.6 Å². The van der Waals surface area contributed by atoms with Crippen molar-refractivity contribution in [3.63, 3.8) is 0 Å². The topological polar surface area (TPSA) is 68.3 Å². The molecule has 0 atom stereocenters. The first kappa shape index (κ1) is 15.0. The van der Waals surface area contributed by atoms with Gasteiger partial charge in [0.2, 0.25) is 0 Å². The lowest BCUT2D eigenvalue weighted by atomic mass is 10.2. The number of halogens is 1. The summed E-state index contributed by atoms with van der Waals surface area (Å²) in [6, 6.07) is 10.2. The molecular weight excluding hydrogens is 292 g/mol. The summed E-state index contributed by atoms with van der Waals surface area (Å²) in [5.41, 5.74) is 1.67. The van der Waals surface area contributed by atoms with E-state index in [-0.39, 0.29) is 12.3 Å². The molecular formula is C15H13ClN2O3. The third-order valence-electron chi connectivity index (χ3n) is 2.68. The van der Waals surface area contributed by atoms with Crippen molar-refractivity contribution in [1.29, 1.82) is 0 Å². The second-order valence-electron chi connectivity index (χ2n) is 4.30. The SMILES string of the molecule is Cc1ccccc1NC(=O)COC(=O)c1cc(Cl)ccn1. The van der Waals surface area contributed by atoms with Gasteiger partial charge in [-0.3, -0.25) is 4.79 Å². The molecule has 108 valence electrons. The Labute approximate surface area is 126 Å². The summed E-state index contributed by atoms with van der Waals surface area (Å²) in [4.78, 5) is 27.3. The number of esters is 1. The fourth-order valence-corrected chi connectivity index (χ4v) is 1.78. The molecule has 0 bridgehead atoms. The molecule has 0 aliphatic rings. The number of ether oxygens (including phenoxy) is 1. The molecule has 1 aromatic heterocycles. The van der Waals surface area contributed by atoms with Gasteiger partial charge in [0.1, 0.15) is 5.69 Å². The summed E-state index contributed by atoms with van der Waals surface area (Å²) in [5.74, 6) is -1.11. The highest BCUT2D eigenvalue weighted by Gasteiger charge is 2.12. The minimum absolute atomic E-state index is 0.0613. The maximum atomic E-state index is 11.7. The zero-order valence-electron chi connectivity index (χ0n) is 11.3. The van der Waals surface area contributed by atoms with Crippen molar-refractivity contribution in [2.24, 2.45) is 0 Å². The Morgan fingerprint density at radius 2 is 2.05 bits per heavy atom. The van der Waals surface area contributed by atoms with Gasteiger partial charge in [-0.25, -0.2) is 9.78 Å². The van der Waals surface area contributed by atoms with Crippen LogP contribution in [0, 0.1) is 6.92 Å². The van der Waals surface area contributed by atoms with Crippen LogP contribution in [0.25, 0.3) is 0 Å². The van der Waals surface area contributed by atoms with Crippen LogP contribution in [0.2, 0.25) is 5.02 Å². The fourth-order valence-electron chi connectivity index (χ4n) is 1.62. The zero-order chi connectivity index (χ0) is 15.2. The van der Waals surface area contributed by atoms with Crippen molar-refractivity contribution < 1.29 is 14.3 Å². The number of rotatable bonds is 4. The van der Waals surface area contributed by atoms with Gasteiger partial charge in [-0.2, -0.15) is 0 Å². The van der Waals surface area contributed by atoms with E-state index in [2.05, 4.69) is 10.3 Å². The first-order chi connectivity index (χ1) is 10.1. The lowest BCUT2D eigenvalue weighted by molar-refractivity contribution is -0.119. The molecule has 0 saturated carbocycles. The molecule has 1 heterocycles. The maximum Gasteiger partial charge on any atom is 0.357 e. The third-order valence-corrected chi connectivity index (χ3v) is 2.92. The van der Waals surface area contributed by atoms with E-state index in [4.69, 9.17) is 16.3 Å². The Balaban J connectivity index is 1.90. The molecule has 2 rings (SSSR count). The summed E-state index contributed by atoms with van der Waals surface area (Å²) in [6.07, 6.45) is 1.40. The second-order valence-corrected chi connectivity index (χ2v) is 4.73. The van der Waals surface area contributed by atoms with Crippen molar-refractivity contribution in [2.75, 3.05) is 11.9 Å². The van der Waals surface area contributed by atoms with Crippen LogP contribution in [0.4, 0.5) is 5.69 Å². The predicted octanol–water partition coefficient (Wildman–Crippen LogP) is 2.84. The van der Waals surface area contributed by atoms with Gasteiger partial charge in [0.05, 0.1) is 0 Å². The highest BCUT2D eigenvalue weighted by molar-refractivity contribution is 6.30. The van der Waals surface area contributed by atoms with E-state index in [9.17, 15) is 9.59 Å². The number of nitrogens with one attached hydrogen (secondary N) is 1. The molecule has 1 N–H and O–H groups in total. The number of benzene rings is 1. The number of para-hydroxylation sites is 1. The van der Waals surface area contributed by atoms with Gasteiger partial charge in [-0.05, 0) is 30.7 Å². The first-order valence-corrected chi connectivity index (χ1v) is 6.58. The Morgan fingerprint density at radius 1 is 1.29 bits per heavy atom. The van der Waals surface area contributed by atoms with Crippen molar-refractivity contribution in [1.82, 2.24) is 4.98 Å². The van der Waals surface area contributed by atoms with Gasteiger partial charge in [0.25, 0.3) is 5.91 Å².